The lowest BCUT2D eigenvalue weighted by Gasteiger charge is -2.39. The highest BCUT2D eigenvalue weighted by Gasteiger charge is 2.29. The maximum atomic E-state index is 12.2. The van der Waals surface area contributed by atoms with E-state index in [0.29, 0.717) is 13.1 Å². The second-order valence-electron chi connectivity index (χ2n) is 8.07. The third kappa shape index (κ3) is 5.96. The molecule has 138 valence electrons. The number of rotatable bonds is 4. The van der Waals surface area contributed by atoms with Crippen LogP contribution in [0.4, 0.5) is 4.79 Å². The van der Waals surface area contributed by atoms with Crippen molar-refractivity contribution >= 4 is 12.3 Å². The van der Waals surface area contributed by atoms with E-state index >= 15 is 0 Å². The Morgan fingerprint density at radius 1 is 1.21 bits per heavy atom. The van der Waals surface area contributed by atoms with E-state index in [4.69, 9.17) is 9.94 Å². The molecule has 1 atom stereocenters. The van der Waals surface area contributed by atoms with Crippen LogP contribution in [-0.2, 0) is 4.74 Å². The summed E-state index contributed by atoms with van der Waals surface area (Å²) in [5.74, 6) is 0.727. The molecule has 1 saturated carbocycles. The number of oxime groups is 1. The maximum absolute atomic E-state index is 12.2. The van der Waals surface area contributed by atoms with Crippen LogP contribution in [0.3, 0.4) is 0 Å². The highest BCUT2D eigenvalue weighted by molar-refractivity contribution is 5.68. The van der Waals surface area contributed by atoms with Gasteiger partial charge in [0.25, 0.3) is 0 Å². The zero-order valence-electron chi connectivity index (χ0n) is 15.4. The van der Waals surface area contributed by atoms with Crippen LogP contribution in [0.25, 0.3) is 0 Å². The molecule has 24 heavy (non-hydrogen) atoms. The van der Waals surface area contributed by atoms with E-state index in [-0.39, 0.29) is 12.1 Å². The third-order valence-corrected chi connectivity index (χ3v) is 4.97. The highest BCUT2D eigenvalue weighted by Crippen LogP contribution is 2.28. The van der Waals surface area contributed by atoms with Crippen molar-refractivity contribution in [1.82, 2.24) is 9.80 Å². The molecular weight excluding hydrogens is 306 g/mol. The zero-order chi connectivity index (χ0) is 17.6. The number of ether oxygens (including phenoxy) is 1. The first-order valence-electron chi connectivity index (χ1n) is 9.28. The lowest BCUT2D eigenvalue weighted by atomic mass is 9.84. The van der Waals surface area contributed by atoms with Gasteiger partial charge >= 0.3 is 6.09 Å². The molecule has 1 unspecified atom stereocenters. The average Bonchev–Trinajstić information content (AvgIpc) is 2.54. The van der Waals surface area contributed by atoms with Crippen molar-refractivity contribution in [1.29, 1.82) is 0 Å². The van der Waals surface area contributed by atoms with Gasteiger partial charge in [0.2, 0.25) is 0 Å². The van der Waals surface area contributed by atoms with E-state index < -0.39 is 5.60 Å². The fourth-order valence-electron chi connectivity index (χ4n) is 3.71. The summed E-state index contributed by atoms with van der Waals surface area (Å²) >= 11 is 0. The summed E-state index contributed by atoms with van der Waals surface area (Å²) in [6.07, 6.45) is 9.04. The molecule has 1 aliphatic carbocycles. The normalized spacial score (nSPS) is 22.7. The number of hydrogen-bond acceptors (Lipinski definition) is 5. The van der Waals surface area contributed by atoms with E-state index in [1.165, 1.54) is 32.1 Å². The molecule has 2 rings (SSSR count). The van der Waals surface area contributed by atoms with E-state index in [2.05, 4.69) is 10.1 Å². The minimum atomic E-state index is -0.457. The Balaban J connectivity index is 1.84. The smallest absolute Gasteiger partial charge is 0.410 e. The summed E-state index contributed by atoms with van der Waals surface area (Å²) in [6, 6.07) is 0.166. The van der Waals surface area contributed by atoms with Crippen LogP contribution in [0.15, 0.2) is 5.16 Å². The maximum Gasteiger partial charge on any atom is 0.410 e. The molecule has 1 saturated heterocycles. The minimum absolute atomic E-state index is 0.166. The van der Waals surface area contributed by atoms with Crippen molar-refractivity contribution in [3.8, 4) is 0 Å². The Bertz CT molecular complexity index is 420. The van der Waals surface area contributed by atoms with Gasteiger partial charge in [0.1, 0.15) is 5.60 Å². The Morgan fingerprint density at radius 3 is 2.38 bits per heavy atom. The lowest BCUT2D eigenvalue weighted by molar-refractivity contribution is 0.0120. The molecule has 0 radical (unpaired) electrons. The van der Waals surface area contributed by atoms with E-state index in [0.717, 1.165) is 25.4 Å². The SMILES string of the molecule is CC(C)(C)OC(=O)N1CCN(C(C=NO)CC2CCCCC2)CC1. The molecule has 6 nitrogen and oxygen atoms in total. The van der Waals surface area contributed by atoms with Crippen molar-refractivity contribution in [3.63, 3.8) is 0 Å². The monoisotopic (exact) mass is 339 g/mol. The summed E-state index contributed by atoms with van der Waals surface area (Å²) < 4.78 is 5.44. The quantitative estimate of drug-likeness (QED) is 0.485. The van der Waals surface area contributed by atoms with Gasteiger partial charge in [-0.05, 0) is 33.1 Å². The second-order valence-corrected chi connectivity index (χ2v) is 8.07. The molecule has 1 aliphatic heterocycles. The molecule has 0 aromatic rings. The topological polar surface area (TPSA) is 65.4 Å². The summed E-state index contributed by atoms with van der Waals surface area (Å²) in [5, 5.41) is 12.3. The highest BCUT2D eigenvalue weighted by atomic mass is 16.6. The molecule has 6 heteroatoms. The van der Waals surface area contributed by atoms with Gasteiger partial charge in [-0.2, -0.15) is 0 Å². The third-order valence-electron chi connectivity index (χ3n) is 4.97. The molecule has 1 amide bonds. The van der Waals surface area contributed by atoms with Crippen LogP contribution in [0.1, 0.15) is 59.3 Å². The van der Waals surface area contributed by atoms with Crippen molar-refractivity contribution in [2.24, 2.45) is 11.1 Å². The van der Waals surface area contributed by atoms with Gasteiger partial charge < -0.3 is 14.8 Å². The van der Waals surface area contributed by atoms with Crippen molar-refractivity contribution in [2.75, 3.05) is 26.2 Å². The Hall–Kier alpha value is -1.30. The first-order chi connectivity index (χ1) is 11.4. The molecule has 1 N–H and O–H groups in total. The predicted octanol–water partition coefficient (Wildman–Crippen LogP) is 3.34. The minimum Gasteiger partial charge on any atom is -0.444 e. The van der Waals surface area contributed by atoms with Crippen LogP contribution < -0.4 is 0 Å². The van der Waals surface area contributed by atoms with Gasteiger partial charge in [-0.1, -0.05) is 32.1 Å². The van der Waals surface area contributed by atoms with Gasteiger partial charge in [0.05, 0.1) is 6.21 Å². The van der Waals surface area contributed by atoms with E-state index in [1.54, 1.807) is 11.1 Å². The number of carbonyl (C=O) groups excluding carboxylic acids is 1. The zero-order valence-corrected chi connectivity index (χ0v) is 15.4. The average molecular weight is 339 g/mol. The van der Waals surface area contributed by atoms with Crippen molar-refractivity contribution in [3.05, 3.63) is 0 Å². The largest absolute Gasteiger partial charge is 0.444 e. The number of nitrogens with zero attached hydrogens (tertiary/aromatic N) is 3. The molecule has 2 fully saturated rings. The number of hydrogen-bond donors (Lipinski definition) is 1. The van der Waals surface area contributed by atoms with Gasteiger partial charge in [0.15, 0.2) is 0 Å². The molecule has 2 aliphatic rings. The Kier molecular flexibility index (Phi) is 6.90. The number of amides is 1. The molecule has 0 bridgehead atoms. The van der Waals surface area contributed by atoms with Gasteiger partial charge in [0, 0.05) is 32.2 Å². The summed E-state index contributed by atoms with van der Waals surface area (Å²) in [5.41, 5.74) is -0.457. The fraction of sp³-hybridized carbons (Fsp3) is 0.889. The summed E-state index contributed by atoms with van der Waals surface area (Å²) in [6.45, 7) is 8.58. The van der Waals surface area contributed by atoms with Crippen LogP contribution in [0.5, 0.6) is 0 Å². The molecule has 0 aromatic heterocycles. The lowest BCUT2D eigenvalue weighted by Crippen LogP contribution is -2.53. The number of piperazine rings is 1. The van der Waals surface area contributed by atoms with Gasteiger partial charge in [-0.25, -0.2) is 4.79 Å². The fourth-order valence-corrected chi connectivity index (χ4v) is 3.71. The van der Waals surface area contributed by atoms with Gasteiger partial charge in [-0.15, -0.1) is 5.16 Å². The van der Waals surface area contributed by atoms with Crippen molar-refractivity contribution in [2.45, 2.75) is 70.9 Å². The van der Waals surface area contributed by atoms with Crippen molar-refractivity contribution < 1.29 is 14.7 Å². The van der Waals surface area contributed by atoms with E-state index in [1.807, 2.05) is 20.8 Å². The van der Waals surface area contributed by atoms with Gasteiger partial charge in [-0.3, -0.25) is 4.90 Å². The van der Waals surface area contributed by atoms with Crippen LogP contribution in [0.2, 0.25) is 0 Å². The first-order valence-corrected chi connectivity index (χ1v) is 9.28. The standard InChI is InChI=1S/C18H33N3O3/c1-18(2,3)24-17(22)21-11-9-20(10-12-21)16(14-19-23)13-15-7-5-4-6-8-15/h14-16,23H,4-13H2,1-3H3. The molecule has 1 heterocycles. The van der Waals surface area contributed by atoms with Crippen LogP contribution >= 0.6 is 0 Å². The first kappa shape index (κ1) is 19.0. The summed E-state index contributed by atoms with van der Waals surface area (Å²) in [4.78, 5) is 16.3. The van der Waals surface area contributed by atoms with Crippen LogP contribution in [0, 0.1) is 5.92 Å². The second kappa shape index (κ2) is 8.70. The summed E-state index contributed by atoms with van der Waals surface area (Å²) in [7, 11) is 0. The molecule has 0 aromatic carbocycles. The van der Waals surface area contributed by atoms with E-state index in [9.17, 15) is 4.79 Å². The number of carbonyl (C=O) groups is 1. The predicted molar refractivity (Wildman–Crippen MR) is 94.6 cm³/mol. The van der Waals surface area contributed by atoms with Crippen LogP contribution in [-0.4, -0.2) is 65.1 Å². The Morgan fingerprint density at radius 2 is 1.83 bits per heavy atom. The molecular formula is C18H33N3O3. The molecule has 0 spiro atoms. The Labute approximate surface area is 145 Å².